The number of rotatable bonds is 5. The van der Waals surface area contributed by atoms with Gasteiger partial charge in [-0.3, -0.25) is 19.9 Å². The quantitative estimate of drug-likeness (QED) is 0.815. The third kappa shape index (κ3) is 4.65. The van der Waals surface area contributed by atoms with Gasteiger partial charge in [0.05, 0.1) is 6.20 Å². The lowest BCUT2D eigenvalue weighted by molar-refractivity contribution is -0.133. The maximum Gasteiger partial charge on any atom is 0.324 e. The van der Waals surface area contributed by atoms with Crippen molar-refractivity contribution in [3.63, 3.8) is 0 Å². The summed E-state index contributed by atoms with van der Waals surface area (Å²) in [5.74, 6) is 0.248. The molecule has 0 aromatic carbocycles. The van der Waals surface area contributed by atoms with Crippen molar-refractivity contribution >= 4 is 17.8 Å². The fraction of sp³-hybridized carbons (Fsp3) is 0.562. The SMILES string of the molecule is O=C1CCN(CCC(=O)N2CCC(Oc3cnccn3)CC2)C(=O)N1. The molecule has 3 rings (SSSR count). The molecular formula is C16H21N5O4. The van der Waals surface area contributed by atoms with Crippen LogP contribution in [0.3, 0.4) is 0 Å². The van der Waals surface area contributed by atoms with Crippen LogP contribution in [0.4, 0.5) is 4.79 Å². The molecule has 2 fully saturated rings. The number of likely N-dealkylation sites (tertiary alicyclic amines) is 1. The Bertz CT molecular complexity index is 631. The van der Waals surface area contributed by atoms with Crippen LogP contribution in [0.5, 0.6) is 5.88 Å². The lowest BCUT2D eigenvalue weighted by Gasteiger charge is -2.33. The first kappa shape index (κ1) is 17.1. The van der Waals surface area contributed by atoms with Gasteiger partial charge in [0, 0.05) is 64.3 Å². The fourth-order valence-corrected chi connectivity index (χ4v) is 2.94. The average molecular weight is 347 g/mol. The molecule has 134 valence electrons. The molecule has 2 aliphatic heterocycles. The highest BCUT2D eigenvalue weighted by atomic mass is 16.5. The number of nitrogens with one attached hydrogen (secondary N) is 1. The van der Waals surface area contributed by atoms with Gasteiger partial charge in [0.25, 0.3) is 0 Å². The molecule has 1 aromatic rings. The van der Waals surface area contributed by atoms with Crippen molar-refractivity contribution in [2.24, 2.45) is 0 Å². The Hall–Kier alpha value is -2.71. The molecule has 0 aliphatic carbocycles. The van der Waals surface area contributed by atoms with Crippen molar-refractivity contribution in [3.05, 3.63) is 18.6 Å². The molecule has 0 saturated carbocycles. The highest BCUT2D eigenvalue weighted by Gasteiger charge is 2.26. The molecule has 0 bridgehead atoms. The summed E-state index contributed by atoms with van der Waals surface area (Å²) in [5.41, 5.74) is 0. The van der Waals surface area contributed by atoms with E-state index in [0.29, 0.717) is 32.1 Å². The molecule has 4 amide bonds. The highest BCUT2D eigenvalue weighted by molar-refractivity contribution is 5.96. The molecule has 2 saturated heterocycles. The third-order valence-corrected chi connectivity index (χ3v) is 4.36. The maximum absolute atomic E-state index is 12.3. The molecule has 1 aromatic heterocycles. The van der Waals surface area contributed by atoms with Gasteiger partial charge in [-0.2, -0.15) is 0 Å². The Morgan fingerprint density at radius 1 is 1.24 bits per heavy atom. The van der Waals surface area contributed by atoms with E-state index in [-0.39, 0.29) is 30.8 Å². The van der Waals surface area contributed by atoms with Gasteiger partial charge in [-0.25, -0.2) is 9.78 Å². The van der Waals surface area contributed by atoms with Gasteiger partial charge in [0.2, 0.25) is 17.7 Å². The number of carbonyl (C=O) groups excluding carboxylic acids is 3. The van der Waals surface area contributed by atoms with Gasteiger partial charge in [0.1, 0.15) is 6.10 Å². The van der Waals surface area contributed by atoms with Crippen LogP contribution in [0.1, 0.15) is 25.7 Å². The van der Waals surface area contributed by atoms with Crippen molar-refractivity contribution in [1.29, 1.82) is 0 Å². The van der Waals surface area contributed by atoms with Crippen molar-refractivity contribution < 1.29 is 19.1 Å². The number of ether oxygens (including phenoxy) is 1. The first-order chi connectivity index (χ1) is 12.1. The summed E-state index contributed by atoms with van der Waals surface area (Å²) in [7, 11) is 0. The van der Waals surface area contributed by atoms with E-state index in [2.05, 4.69) is 15.3 Å². The summed E-state index contributed by atoms with van der Waals surface area (Å²) in [4.78, 5) is 46.4. The Labute approximate surface area is 145 Å². The van der Waals surface area contributed by atoms with Crippen LogP contribution in [0.15, 0.2) is 18.6 Å². The molecule has 25 heavy (non-hydrogen) atoms. The van der Waals surface area contributed by atoms with Gasteiger partial charge in [-0.15, -0.1) is 0 Å². The number of imide groups is 1. The van der Waals surface area contributed by atoms with Gasteiger partial charge < -0.3 is 14.5 Å². The predicted molar refractivity (Wildman–Crippen MR) is 86.6 cm³/mol. The standard InChI is InChI=1S/C16H21N5O4/c22-13-3-9-21(16(24)19-13)10-4-15(23)20-7-1-12(2-8-20)25-14-11-17-5-6-18-14/h5-6,11-12H,1-4,7-10H2,(H,19,22,24). The number of nitrogens with zero attached hydrogens (tertiary/aromatic N) is 4. The van der Waals surface area contributed by atoms with E-state index in [4.69, 9.17) is 4.74 Å². The second-order valence-electron chi connectivity index (χ2n) is 6.08. The molecular weight excluding hydrogens is 326 g/mol. The number of urea groups is 1. The highest BCUT2D eigenvalue weighted by Crippen LogP contribution is 2.17. The molecule has 0 atom stereocenters. The summed E-state index contributed by atoms with van der Waals surface area (Å²) in [6.45, 7) is 1.93. The van der Waals surface area contributed by atoms with Gasteiger partial charge >= 0.3 is 6.03 Å². The third-order valence-electron chi connectivity index (χ3n) is 4.36. The van der Waals surface area contributed by atoms with Crippen molar-refractivity contribution in [2.45, 2.75) is 31.8 Å². The van der Waals surface area contributed by atoms with E-state index in [9.17, 15) is 14.4 Å². The van der Waals surface area contributed by atoms with Crippen molar-refractivity contribution in [1.82, 2.24) is 25.1 Å². The molecule has 2 aliphatic rings. The summed E-state index contributed by atoms with van der Waals surface area (Å²) in [6.07, 6.45) is 6.79. The van der Waals surface area contributed by atoms with Crippen LogP contribution in [0.25, 0.3) is 0 Å². The topological polar surface area (TPSA) is 105 Å². The Morgan fingerprint density at radius 3 is 2.72 bits per heavy atom. The van der Waals surface area contributed by atoms with Crippen LogP contribution in [0.2, 0.25) is 0 Å². The monoisotopic (exact) mass is 347 g/mol. The van der Waals surface area contributed by atoms with E-state index < -0.39 is 6.03 Å². The lowest BCUT2D eigenvalue weighted by atomic mass is 10.1. The summed E-state index contributed by atoms with van der Waals surface area (Å²) in [5, 5.41) is 2.26. The van der Waals surface area contributed by atoms with Crippen molar-refractivity contribution in [2.75, 3.05) is 26.2 Å². The second kappa shape index (κ2) is 7.91. The minimum atomic E-state index is -0.417. The zero-order chi connectivity index (χ0) is 17.6. The van der Waals surface area contributed by atoms with Crippen LogP contribution < -0.4 is 10.1 Å². The molecule has 0 spiro atoms. The molecule has 1 N–H and O–H groups in total. The van der Waals surface area contributed by atoms with Crippen LogP contribution in [-0.4, -0.2) is 69.9 Å². The summed E-state index contributed by atoms with van der Waals surface area (Å²) >= 11 is 0. The Kier molecular flexibility index (Phi) is 5.42. The number of piperidine rings is 1. The predicted octanol–water partition coefficient (Wildman–Crippen LogP) is 0.178. The van der Waals surface area contributed by atoms with Gasteiger partial charge in [-0.1, -0.05) is 0 Å². The lowest BCUT2D eigenvalue weighted by Crippen LogP contribution is -2.50. The second-order valence-corrected chi connectivity index (χ2v) is 6.08. The fourth-order valence-electron chi connectivity index (χ4n) is 2.94. The number of hydrogen-bond acceptors (Lipinski definition) is 6. The zero-order valence-electron chi connectivity index (χ0n) is 13.9. The van der Waals surface area contributed by atoms with E-state index in [1.54, 1.807) is 23.5 Å². The minimum absolute atomic E-state index is 0.0163. The smallest absolute Gasteiger partial charge is 0.324 e. The summed E-state index contributed by atoms with van der Waals surface area (Å²) in [6, 6.07) is -0.417. The maximum atomic E-state index is 12.3. The molecule has 9 nitrogen and oxygen atoms in total. The zero-order valence-corrected chi connectivity index (χ0v) is 13.9. The van der Waals surface area contributed by atoms with Gasteiger partial charge in [0.15, 0.2) is 0 Å². The van der Waals surface area contributed by atoms with E-state index in [1.807, 2.05) is 0 Å². The molecule has 9 heteroatoms. The number of hydrogen-bond donors (Lipinski definition) is 1. The Balaban J connectivity index is 1.39. The summed E-state index contributed by atoms with van der Waals surface area (Å²) < 4.78 is 5.76. The number of aromatic nitrogens is 2. The van der Waals surface area contributed by atoms with E-state index >= 15 is 0 Å². The first-order valence-electron chi connectivity index (χ1n) is 8.41. The van der Waals surface area contributed by atoms with E-state index in [1.165, 1.54) is 4.90 Å². The van der Waals surface area contributed by atoms with Crippen LogP contribution in [0, 0.1) is 0 Å². The molecule has 0 unspecified atom stereocenters. The first-order valence-corrected chi connectivity index (χ1v) is 8.41. The largest absolute Gasteiger partial charge is 0.473 e. The molecule has 3 heterocycles. The van der Waals surface area contributed by atoms with Crippen molar-refractivity contribution in [3.8, 4) is 5.88 Å². The molecule has 0 radical (unpaired) electrons. The Morgan fingerprint density at radius 2 is 2.04 bits per heavy atom. The van der Waals surface area contributed by atoms with E-state index in [0.717, 1.165) is 12.8 Å². The normalized spacial score (nSPS) is 18.9. The van der Waals surface area contributed by atoms with Gasteiger partial charge in [-0.05, 0) is 0 Å². The number of carbonyl (C=O) groups is 3. The van der Waals surface area contributed by atoms with Crippen LogP contribution in [-0.2, 0) is 9.59 Å². The average Bonchev–Trinajstić information content (AvgIpc) is 2.62. The van der Waals surface area contributed by atoms with Crippen LogP contribution >= 0.6 is 0 Å². The number of amides is 4. The minimum Gasteiger partial charge on any atom is -0.473 e.